The first-order chi connectivity index (χ1) is 38.6. The van der Waals surface area contributed by atoms with Crippen LogP contribution in [-0.2, 0) is 79.9 Å². The molecule has 448 valence electrons. The predicted octanol–water partition coefficient (Wildman–Crippen LogP) is -35.4. The second kappa shape index (κ2) is 43.1. The van der Waals surface area contributed by atoms with Gasteiger partial charge in [-0.25, -0.2) is 50.5 Å². The van der Waals surface area contributed by atoms with Gasteiger partial charge in [0.05, 0.1) is 78.3 Å². The molecule has 6 rings (SSSR count). The molecule has 5 N–H and O–H groups in total. The van der Waals surface area contributed by atoms with Gasteiger partial charge in [0.15, 0.2) is 0 Å². The van der Waals surface area contributed by atoms with Crippen molar-refractivity contribution >= 4 is 155 Å². The van der Waals surface area contributed by atoms with Crippen LogP contribution in [0.5, 0.6) is 0 Å². The van der Waals surface area contributed by atoms with Gasteiger partial charge in [-0.2, -0.15) is 29.9 Å². The predicted molar refractivity (Wildman–Crippen MR) is 262 cm³/mol. The number of carboxylic acid groups (broad SMARTS) is 4. The van der Waals surface area contributed by atoms with Gasteiger partial charge in [0.2, 0.25) is 35.7 Å². The minimum atomic E-state index is -5.62. The first-order valence-corrected chi connectivity index (χ1v) is 30.0. The van der Waals surface area contributed by atoms with E-state index in [1.165, 1.54) is 0 Å². The third kappa shape index (κ3) is 31.4. The zero-order valence-electron chi connectivity index (χ0n) is 50.6. The molecule has 0 spiro atoms. The molecule has 0 saturated heterocycles. The Bertz CT molecular complexity index is 4170. The van der Waals surface area contributed by atoms with Crippen LogP contribution in [0, 0.1) is 0 Å². The van der Waals surface area contributed by atoms with Crippen LogP contribution in [-0.4, -0.2) is 163 Å². The average molecular weight is 1510 g/mol. The molecule has 0 atom stereocenters. The van der Waals surface area contributed by atoms with E-state index < -0.39 is 210 Å². The summed E-state index contributed by atoms with van der Waals surface area (Å²) in [6.07, 6.45) is 1.58. The summed E-state index contributed by atoms with van der Waals surface area (Å²) in [6.45, 7) is -5.13. The van der Waals surface area contributed by atoms with Gasteiger partial charge in [0.1, 0.15) is 67.3 Å². The van der Waals surface area contributed by atoms with Crippen LogP contribution in [0.4, 0.5) is 58.4 Å². The van der Waals surface area contributed by atoms with Crippen molar-refractivity contribution in [2.45, 2.75) is 29.4 Å². The number of hydrogen-bond acceptors (Lipinski definition) is 37. The second-order valence-corrected chi connectivity index (χ2v) is 24.3. The Balaban J connectivity index is -0.00000264. The summed E-state index contributed by atoms with van der Waals surface area (Å²) in [5.74, 6) is -13.0. The number of aromatic nitrogens is 6. The fourth-order valence-corrected chi connectivity index (χ4v) is 10.4. The molecular formula is C40H27N12Na10O26S6+. The van der Waals surface area contributed by atoms with Crippen LogP contribution < -0.4 is 342 Å². The first kappa shape index (κ1) is 103. The van der Waals surface area contributed by atoms with Crippen molar-refractivity contribution in [3.8, 4) is 0 Å². The Morgan fingerprint density at radius 1 is 0.372 bits per heavy atom. The van der Waals surface area contributed by atoms with Gasteiger partial charge in [0.25, 0.3) is 0 Å². The van der Waals surface area contributed by atoms with Crippen molar-refractivity contribution in [3.05, 3.63) is 83.9 Å². The number of aliphatic carboxylic acids is 4. The zero-order chi connectivity index (χ0) is 62.7. The van der Waals surface area contributed by atoms with Crippen LogP contribution >= 0.6 is 0 Å². The van der Waals surface area contributed by atoms with Gasteiger partial charge < -0.3 is 93.2 Å². The number of nitrogens with zero attached hydrogens (tertiary/aromatic N) is 8. The maximum atomic E-state index is 12.7. The molecular weight excluding hydrogens is 1490 g/mol. The normalized spacial score (nSPS) is 11.0. The number of carboxylic acids is 4. The van der Waals surface area contributed by atoms with E-state index in [-0.39, 0.29) is 296 Å². The number of carbonyl (C=O) groups is 4. The molecule has 0 aliphatic rings. The standard InChI is InChI=1S/C40H36N12O26S6.10Na/c53-31(54)15-51(16-32(55)56)39-47-35(45-37(49-39)43-25-13-23(79(61,62)63)7-9-27(25)81(67,68)69)41-21-5-3-19(29(11-21)83(73,74)75)1-2-20-4-6-22(12-30(20)84(76,77)78)42-36-46-38(50-40(48-36)52(17-33(57)58)18-34(59)60)44-26-14-24(80(64,65)66)8-10-28(26)82(70,71)72;;;;;;;;;;/h1-14H,15-18H2,(H,53,54)(H,55,56)(H,57,58)(H,59,60)(H,61,62,63)(H,64,65,66)(H,67,68,69)(H,70,71,72)(H,73,74,75)(H,76,77,78)(H2,41,43,45,47,49)(H2,42,44,46,48,50);;;;;;;;;;/q;10*+1/p-9/b2-1+;;;;;;;;;;. The third-order valence-electron chi connectivity index (χ3n) is 10.1. The molecule has 6 aromatic rings. The topological polar surface area (TPSA) is 633 Å². The minimum absolute atomic E-state index is 0. The molecule has 0 unspecified atom stereocenters. The Labute approximate surface area is 754 Å². The van der Waals surface area contributed by atoms with Gasteiger partial charge in [-0.15, -0.1) is 0 Å². The minimum Gasteiger partial charge on any atom is -0.744 e. The number of carbonyl (C=O) groups excluding carboxylic acids is 3. The molecule has 0 saturated carbocycles. The molecule has 0 aliphatic heterocycles. The van der Waals surface area contributed by atoms with E-state index in [2.05, 4.69) is 51.2 Å². The van der Waals surface area contributed by atoms with E-state index in [9.17, 15) is 117 Å². The summed E-state index contributed by atoms with van der Waals surface area (Å²) in [6, 6.07) is 7.28. The van der Waals surface area contributed by atoms with Crippen molar-refractivity contribution < 1.29 is 413 Å². The van der Waals surface area contributed by atoms with Crippen molar-refractivity contribution in [1.29, 1.82) is 0 Å². The van der Waals surface area contributed by atoms with E-state index in [0.717, 1.165) is 36.4 Å². The van der Waals surface area contributed by atoms with E-state index >= 15 is 0 Å². The molecule has 94 heavy (non-hydrogen) atoms. The van der Waals surface area contributed by atoms with Gasteiger partial charge >= 0.3 is 302 Å². The summed E-state index contributed by atoms with van der Waals surface area (Å²) < 4.78 is 219. The van der Waals surface area contributed by atoms with Crippen molar-refractivity contribution in [1.82, 2.24) is 29.9 Å². The number of nitrogens with one attached hydrogen (secondary N) is 4. The molecule has 0 aliphatic carbocycles. The summed E-state index contributed by atoms with van der Waals surface area (Å²) in [5.41, 5.74) is -4.06. The molecule has 54 heteroatoms. The Morgan fingerprint density at radius 3 is 0.904 bits per heavy atom. The Hall–Kier alpha value is 0.780. The number of rotatable bonds is 26. The van der Waals surface area contributed by atoms with Crippen LogP contribution in [0.15, 0.2) is 102 Å². The fourth-order valence-electron chi connectivity index (χ4n) is 6.83. The van der Waals surface area contributed by atoms with Crippen LogP contribution in [0.3, 0.4) is 0 Å². The van der Waals surface area contributed by atoms with E-state index in [1.54, 1.807) is 0 Å². The van der Waals surface area contributed by atoms with Crippen molar-refractivity contribution in [3.63, 3.8) is 0 Å². The molecule has 0 amide bonds. The average Bonchev–Trinajstić information content (AvgIpc) is 0.813. The summed E-state index contributed by atoms with van der Waals surface area (Å²) in [7, 11) is -33.0. The van der Waals surface area contributed by atoms with Gasteiger partial charge in [-0.05, 0) is 71.8 Å². The van der Waals surface area contributed by atoms with Crippen LogP contribution in [0.2, 0.25) is 0 Å². The third-order valence-corrected chi connectivity index (χ3v) is 15.4. The number of hydrogen-bond donors (Lipinski definition) is 5. The Morgan fingerprint density at radius 2 is 0.649 bits per heavy atom. The van der Waals surface area contributed by atoms with Crippen molar-refractivity contribution in [2.75, 3.05) is 57.2 Å². The second-order valence-electron chi connectivity index (χ2n) is 16.2. The fraction of sp³-hybridized carbons (Fsp3) is 0.100. The molecule has 38 nitrogen and oxygen atoms in total. The Kier molecular flexibility index (Phi) is 47.5. The van der Waals surface area contributed by atoms with Gasteiger partial charge in [-0.3, -0.25) is 4.79 Å². The summed E-state index contributed by atoms with van der Waals surface area (Å²) in [5, 5.41) is 53.2. The quantitative estimate of drug-likeness (QED) is 0.0191. The molecule has 0 fully saturated rings. The van der Waals surface area contributed by atoms with E-state index in [4.69, 9.17) is 0 Å². The molecule has 0 bridgehead atoms. The van der Waals surface area contributed by atoms with Gasteiger partial charge in [-0.1, -0.05) is 24.3 Å². The zero-order valence-corrected chi connectivity index (χ0v) is 75.5. The summed E-state index contributed by atoms with van der Waals surface area (Å²) >= 11 is 0. The summed E-state index contributed by atoms with van der Waals surface area (Å²) in [4.78, 5) is 63.2. The van der Waals surface area contributed by atoms with Gasteiger partial charge in [0, 0.05) is 11.4 Å². The molecule has 2 heterocycles. The van der Waals surface area contributed by atoms with Crippen molar-refractivity contribution in [2.24, 2.45) is 0 Å². The van der Waals surface area contributed by atoms with E-state index in [1.807, 2.05) is 0 Å². The molecule has 2 aromatic heterocycles. The SMILES string of the molecule is O=C([O-])CN(CC(=O)[O-])c1nc(Nc2ccc(/C=C/c3ccc(Nc4nc(Nc5cc(S(=O)(=O)[O-])ccc5S(=O)(=O)[O-])nc(N(CC(=O)[O-])CC(=O)O)n4)cc3S(=O)(=O)[O-])c(S(=O)(=O)[O-])c2)nc(Nc2cc(S(=O)(=O)[O-])ccc2S(=O)(=O)[O-])n1.[Na+].[Na+].[Na+].[Na+].[Na+].[Na+].[Na+].[Na+].[Na+].[Na+]. The van der Waals surface area contributed by atoms with Crippen LogP contribution in [0.25, 0.3) is 12.2 Å². The number of benzene rings is 4. The first-order valence-electron chi connectivity index (χ1n) is 21.5. The monoisotopic (exact) mass is 1510 g/mol. The maximum absolute atomic E-state index is 12.7. The smallest absolute Gasteiger partial charge is 0.744 e. The molecule has 0 radical (unpaired) electrons. The number of anilines is 10. The van der Waals surface area contributed by atoms with Crippen LogP contribution in [0.1, 0.15) is 11.1 Å². The largest absolute Gasteiger partial charge is 1.00 e. The molecule has 4 aromatic carbocycles. The van der Waals surface area contributed by atoms with E-state index in [0.29, 0.717) is 58.3 Å². The maximum Gasteiger partial charge on any atom is 1.00 e.